The third kappa shape index (κ3) is 5.24. The highest BCUT2D eigenvalue weighted by Crippen LogP contribution is 2.28. The number of benzene rings is 2. The normalized spacial score (nSPS) is 18.2. The van der Waals surface area contributed by atoms with Crippen molar-refractivity contribution in [2.45, 2.75) is 36.7 Å². The van der Waals surface area contributed by atoms with Crippen LogP contribution in [0.4, 0.5) is 13.2 Å². The first-order chi connectivity index (χ1) is 13.3. The van der Waals surface area contributed by atoms with Crippen molar-refractivity contribution in [1.29, 1.82) is 0 Å². The standard InChI is InChI=1S/C19H20F3NO4S/c20-19(21,22)27-17-8-10-18(11-9-17)28(24,25)23(16-7-4-12-26-14-16)13-15-5-2-1-3-6-15/h1-3,5-6,8-11,16H,4,7,12-14H2/t16-/m1/s1. The smallest absolute Gasteiger partial charge is 0.406 e. The maximum Gasteiger partial charge on any atom is 0.573 e. The molecule has 0 unspecified atom stereocenters. The monoisotopic (exact) mass is 415 g/mol. The van der Waals surface area contributed by atoms with Crippen molar-refractivity contribution >= 4 is 10.0 Å². The number of nitrogens with zero attached hydrogens (tertiary/aromatic N) is 1. The van der Waals surface area contributed by atoms with Crippen LogP contribution < -0.4 is 4.74 Å². The lowest BCUT2D eigenvalue weighted by Crippen LogP contribution is -2.44. The van der Waals surface area contributed by atoms with E-state index >= 15 is 0 Å². The van der Waals surface area contributed by atoms with Crippen molar-refractivity contribution in [3.63, 3.8) is 0 Å². The molecule has 1 atom stereocenters. The summed E-state index contributed by atoms with van der Waals surface area (Å²) in [5.41, 5.74) is 0.814. The first kappa shape index (κ1) is 20.6. The summed E-state index contributed by atoms with van der Waals surface area (Å²) in [4.78, 5) is -0.0940. The second kappa shape index (κ2) is 8.50. The minimum absolute atomic E-state index is 0.0940. The Labute approximate surface area is 161 Å². The molecular weight excluding hydrogens is 395 g/mol. The van der Waals surface area contributed by atoms with Crippen molar-refractivity contribution in [2.24, 2.45) is 0 Å². The molecule has 0 aliphatic carbocycles. The first-order valence-corrected chi connectivity index (χ1v) is 10.2. The van der Waals surface area contributed by atoms with Gasteiger partial charge in [-0.05, 0) is 42.7 Å². The van der Waals surface area contributed by atoms with Gasteiger partial charge in [0.2, 0.25) is 10.0 Å². The molecule has 3 rings (SSSR count). The van der Waals surface area contributed by atoms with Gasteiger partial charge < -0.3 is 9.47 Å². The fourth-order valence-corrected chi connectivity index (χ4v) is 4.70. The van der Waals surface area contributed by atoms with Crippen LogP contribution in [0.1, 0.15) is 18.4 Å². The Hall–Kier alpha value is -2.10. The Morgan fingerprint density at radius 1 is 1.07 bits per heavy atom. The lowest BCUT2D eigenvalue weighted by Gasteiger charge is -2.33. The van der Waals surface area contributed by atoms with E-state index in [-0.39, 0.29) is 24.1 Å². The van der Waals surface area contributed by atoms with Gasteiger partial charge in [-0.3, -0.25) is 0 Å². The average Bonchev–Trinajstić information content (AvgIpc) is 2.67. The summed E-state index contributed by atoms with van der Waals surface area (Å²) in [5.74, 6) is -0.470. The molecule has 1 saturated heterocycles. The maximum absolute atomic E-state index is 13.2. The third-order valence-electron chi connectivity index (χ3n) is 4.39. The molecule has 2 aromatic rings. The number of halogens is 3. The Balaban J connectivity index is 1.88. The minimum atomic E-state index is -4.83. The Morgan fingerprint density at radius 2 is 1.75 bits per heavy atom. The zero-order valence-corrected chi connectivity index (χ0v) is 15.7. The average molecular weight is 415 g/mol. The van der Waals surface area contributed by atoms with Crippen LogP contribution in [0.2, 0.25) is 0 Å². The van der Waals surface area contributed by atoms with E-state index < -0.39 is 22.1 Å². The zero-order chi connectivity index (χ0) is 20.2. The number of rotatable bonds is 6. The van der Waals surface area contributed by atoms with E-state index in [1.165, 1.54) is 4.31 Å². The van der Waals surface area contributed by atoms with Gasteiger partial charge in [-0.15, -0.1) is 13.2 Å². The fraction of sp³-hybridized carbons (Fsp3) is 0.368. The summed E-state index contributed by atoms with van der Waals surface area (Å²) in [6, 6.07) is 13.0. The van der Waals surface area contributed by atoms with Gasteiger partial charge in [-0.1, -0.05) is 30.3 Å². The van der Waals surface area contributed by atoms with Crippen LogP contribution in [0.3, 0.4) is 0 Å². The second-order valence-electron chi connectivity index (χ2n) is 6.43. The van der Waals surface area contributed by atoms with E-state index in [9.17, 15) is 21.6 Å². The van der Waals surface area contributed by atoms with Gasteiger partial charge in [-0.25, -0.2) is 8.42 Å². The molecule has 0 N–H and O–H groups in total. The van der Waals surface area contributed by atoms with Gasteiger partial charge >= 0.3 is 6.36 Å². The molecule has 0 saturated carbocycles. The third-order valence-corrected chi connectivity index (χ3v) is 6.30. The van der Waals surface area contributed by atoms with Crippen molar-refractivity contribution in [2.75, 3.05) is 13.2 Å². The van der Waals surface area contributed by atoms with E-state index in [0.717, 1.165) is 36.2 Å². The van der Waals surface area contributed by atoms with Crippen LogP contribution in [-0.4, -0.2) is 38.3 Å². The first-order valence-electron chi connectivity index (χ1n) is 8.75. The summed E-state index contributed by atoms with van der Waals surface area (Å²) in [5, 5.41) is 0. The Kier molecular flexibility index (Phi) is 6.26. The quantitative estimate of drug-likeness (QED) is 0.717. The summed E-state index contributed by atoms with van der Waals surface area (Å²) in [6.07, 6.45) is -3.44. The second-order valence-corrected chi connectivity index (χ2v) is 8.32. The number of sulfonamides is 1. The summed E-state index contributed by atoms with van der Waals surface area (Å²) in [6.45, 7) is 1.01. The van der Waals surface area contributed by atoms with Crippen LogP contribution in [0.15, 0.2) is 59.5 Å². The van der Waals surface area contributed by atoms with Gasteiger partial charge in [0.15, 0.2) is 0 Å². The SMILES string of the molecule is O=S(=O)(c1ccc(OC(F)(F)F)cc1)N(Cc1ccccc1)[C@@H]1CCCOC1. The molecule has 1 aliphatic rings. The lowest BCUT2D eigenvalue weighted by molar-refractivity contribution is -0.274. The summed E-state index contributed by atoms with van der Waals surface area (Å²) >= 11 is 0. The predicted octanol–water partition coefficient (Wildman–Crippen LogP) is 3.96. The van der Waals surface area contributed by atoms with E-state index in [2.05, 4.69) is 4.74 Å². The minimum Gasteiger partial charge on any atom is -0.406 e. The molecule has 0 spiro atoms. The molecule has 5 nitrogen and oxygen atoms in total. The summed E-state index contributed by atoms with van der Waals surface area (Å²) < 4.78 is 74.1. The highest BCUT2D eigenvalue weighted by atomic mass is 32.2. The number of alkyl halides is 3. The van der Waals surface area contributed by atoms with Crippen LogP contribution >= 0.6 is 0 Å². The van der Waals surface area contributed by atoms with Crippen molar-refractivity contribution in [1.82, 2.24) is 4.31 Å². The molecule has 2 aromatic carbocycles. The Bertz CT molecular complexity index is 864. The van der Waals surface area contributed by atoms with Gasteiger partial charge in [0.1, 0.15) is 5.75 Å². The molecule has 1 fully saturated rings. The van der Waals surface area contributed by atoms with E-state index in [0.29, 0.717) is 13.0 Å². The van der Waals surface area contributed by atoms with Gasteiger partial charge in [-0.2, -0.15) is 4.31 Å². The number of hydrogen-bond acceptors (Lipinski definition) is 4. The lowest BCUT2D eigenvalue weighted by atomic mass is 10.1. The van der Waals surface area contributed by atoms with E-state index in [4.69, 9.17) is 4.74 Å². The van der Waals surface area contributed by atoms with Crippen LogP contribution in [0, 0.1) is 0 Å². The van der Waals surface area contributed by atoms with Crippen LogP contribution in [-0.2, 0) is 21.3 Å². The molecule has 0 aromatic heterocycles. The largest absolute Gasteiger partial charge is 0.573 e. The van der Waals surface area contributed by atoms with Gasteiger partial charge in [0.25, 0.3) is 0 Å². The van der Waals surface area contributed by atoms with E-state index in [1.807, 2.05) is 30.3 Å². The van der Waals surface area contributed by atoms with Crippen molar-refractivity contribution < 1.29 is 31.1 Å². The molecule has 9 heteroatoms. The van der Waals surface area contributed by atoms with Crippen LogP contribution in [0.5, 0.6) is 5.75 Å². The molecule has 152 valence electrons. The molecule has 0 bridgehead atoms. The molecule has 0 radical (unpaired) electrons. The fourth-order valence-electron chi connectivity index (χ4n) is 3.07. The predicted molar refractivity (Wildman–Crippen MR) is 96.1 cm³/mol. The molecule has 1 aliphatic heterocycles. The maximum atomic E-state index is 13.2. The zero-order valence-electron chi connectivity index (χ0n) is 14.9. The highest BCUT2D eigenvalue weighted by molar-refractivity contribution is 7.89. The summed E-state index contributed by atoms with van der Waals surface area (Å²) in [7, 11) is -3.94. The molecule has 0 amide bonds. The topological polar surface area (TPSA) is 55.8 Å². The highest BCUT2D eigenvalue weighted by Gasteiger charge is 2.34. The van der Waals surface area contributed by atoms with Gasteiger partial charge in [0, 0.05) is 19.2 Å². The van der Waals surface area contributed by atoms with Crippen molar-refractivity contribution in [3.8, 4) is 5.75 Å². The number of hydrogen-bond donors (Lipinski definition) is 0. The van der Waals surface area contributed by atoms with E-state index in [1.54, 1.807) is 0 Å². The molecular formula is C19H20F3NO4S. The van der Waals surface area contributed by atoms with Crippen molar-refractivity contribution in [3.05, 3.63) is 60.2 Å². The van der Waals surface area contributed by atoms with Crippen LogP contribution in [0.25, 0.3) is 0 Å². The Morgan fingerprint density at radius 3 is 2.32 bits per heavy atom. The number of ether oxygens (including phenoxy) is 2. The van der Waals surface area contributed by atoms with Gasteiger partial charge in [0.05, 0.1) is 11.5 Å². The molecule has 1 heterocycles. The molecule has 28 heavy (non-hydrogen) atoms.